The lowest BCUT2D eigenvalue weighted by Crippen LogP contribution is -2.35. The minimum atomic E-state index is -0.343. The minimum absolute atomic E-state index is 0.343. The van der Waals surface area contributed by atoms with Crippen LogP contribution in [0.4, 0.5) is 5.69 Å². The molecule has 0 aliphatic carbocycles. The highest BCUT2D eigenvalue weighted by Crippen LogP contribution is 2.23. The highest BCUT2D eigenvalue weighted by molar-refractivity contribution is 6.31. The smallest absolute Gasteiger partial charge is 0.339 e. The Bertz CT molecular complexity index is 479. The molecule has 20 heavy (non-hydrogen) atoms. The Labute approximate surface area is 125 Å². The first-order valence-corrected chi connectivity index (χ1v) is 7.28. The van der Waals surface area contributed by atoms with Crippen LogP contribution in [0.25, 0.3) is 0 Å². The van der Waals surface area contributed by atoms with E-state index in [9.17, 15) is 4.79 Å². The largest absolute Gasteiger partial charge is 0.465 e. The summed E-state index contributed by atoms with van der Waals surface area (Å²) in [4.78, 5) is 14.1. The van der Waals surface area contributed by atoms with E-state index in [0.29, 0.717) is 16.5 Å². The fourth-order valence-corrected chi connectivity index (χ4v) is 2.82. The van der Waals surface area contributed by atoms with Crippen molar-refractivity contribution < 1.29 is 9.53 Å². The van der Waals surface area contributed by atoms with Gasteiger partial charge in [0.15, 0.2) is 0 Å². The molecule has 1 aromatic rings. The van der Waals surface area contributed by atoms with Crippen molar-refractivity contribution in [3.8, 4) is 0 Å². The maximum atomic E-state index is 11.7. The molecule has 1 aliphatic rings. The number of halogens is 1. The third kappa shape index (κ3) is 3.87. The lowest BCUT2D eigenvalue weighted by molar-refractivity contribution is 0.0602. The Kier molecular flexibility index (Phi) is 5.26. The topological polar surface area (TPSA) is 41.6 Å². The number of esters is 1. The summed E-state index contributed by atoms with van der Waals surface area (Å²) in [5, 5.41) is 3.96. The number of methoxy groups -OCH3 is 1. The number of nitrogens with one attached hydrogen (secondary N) is 1. The Balaban J connectivity index is 2.04. The van der Waals surface area contributed by atoms with Crippen molar-refractivity contribution in [2.45, 2.75) is 12.8 Å². The average Bonchev–Trinajstić information content (AvgIpc) is 2.44. The molecule has 1 unspecified atom stereocenters. The van der Waals surface area contributed by atoms with Crippen molar-refractivity contribution in [1.82, 2.24) is 4.90 Å². The van der Waals surface area contributed by atoms with E-state index in [1.807, 2.05) is 0 Å². The van der Waals surface area contributed by atoms with Gasteiger partial charge in [-0.2, -0.15) is 0 Å². The fraction of sp³-hybridized carbons (Fsp3) is 0.533. The molecule has 1 heterocycles. The van der Waals surface area contributed by atoms with Gasteiger partial charge in [0.25, 0.3) is 0 Å². The standard InChI is InChI=1S/C15H21ClN2O2/c1-18-7-3-4-11(10-18)9-17-14-8-12(16)5-6-13(14)15(19)20-2/h5-6,8,11,17H,3-4,7,9-10H2,1-2H3. The lowest BCUT2D eigenvalue weighted by atomic mass is 9.98. The van der Waals surface area contributed by atoms with Crippen LogP contribution in [-0.2, 0) is 4.74 Å². The highest BCUT2D eigenvalue weighted by atomic mass is 35.5. The third-order valence-corrected chi connectivity index (χ3v) is 3.93. The number of ether oxygens (including phenoxy) is 1. The molecule has 110 valence electrons. The highest BCUT2D eigenvalue weighted by Gasteiger charge is 2.18. The van der Waals surface area contributed by atoms with Crippen molar-refractivity contribution in [1.29, 1.82) is 0 Å². The molecule has 0 saturated carbocycles. The van der Waals surface area contributed by atoms with E-state index in [1.54, 1.807) is 18.2 Å². The second-order valence-corrected chi connectivity index (χ2v) is 5.77. The molecular formula is C15H21ClN2O2. The SMILES string of the molecule is COC(=O)c1ccc(Cl)cc1NCC1CCCN(C)C1. The first-order valence-electron chi connectivity index (χ1n) is 6.90. The van der Waals surface area contributed by atoms with Crippen molar-refractivity contribution >= 4 is 23.3 Å². The van der Waals surface area contributed by atoms with E-state index >= 15 is 0 Å². The van der Waals surface area contributed by atoms with E-state index in [4.69, 9.17) is 16.3 Å². The van der Waals surface area contributed by atoms with E-state index in [-0.39, 0.29) is 5.97 Å². The number of rotatable bonds is 4. The molecule has 1 aliphatic heterocycles. The van der Waals surface area contributed by atoms with Gasteiger partial charge in [0.05, 0.1) is 18.4 Å². The Hall–Kier alpha value is -1.26. The number of anilines is 1. The lowest BCUT2D eigenvalue weighted by Gasteiger charge is -2.30. The number of carbonyl (C=O) groups is 1. The number of carbonyl (C=O) groups excluding carboxylic acids is 1. The molecule has 1 fully saturated rings. The summed E-state index contributed by atoms with van der Waals surface area (Å²) in [5.74, 6) is 0.253. The number of likely N-dealkylation sites (tertiary alicyclic amines) is 1. The quantitative estimate of drug-likeness (QED) is 0.868. The van der Waals surface area contributed by atoms with Crippen LogP contribution in [0, 0.1) is 5.92 Å². The zero-order chi connectivity index (χ0) is 14.5. The van der Waals surface area contributed by atoms with Gasteiger partial charge in [-0.3, -0.25) is 0 Å². The molecule has 1 N–H and O–H groups in total. The molecule has 0 amide bonds. The number of nitrogens with zero attached hydrogens (tertiary/aromatic N) is 1. The predicted molar refractivity (Wildman–Crippen MR) is 81.5 cm³/mol. The third-order valence-electron chi connectivity index (χ3n) is 3.69. The normalized spacial score (nSPS) is 19.6. The summed E-state index contributed by atoms with van der Waals surface area (Å²) >= 11 is 6.01. The zero-order valence-corrected chi connectivity index (χ0v) is 12.7. The van der Waals surface area contributed by atoms with Gasteiger partial charge in [0.1, 0.15) is 0 Å². The summed E-state index contributed by atoms with van der Waals surface area (Å²) in [6, 6.07) is 5.18. The van der Waals surface area contributed by atoms with Crippen LogP contribution >= 0.6 is 11.6 Å². The number of piperidine rings is 1. The Morgan fingerprint density at radius 2 is 2.35 bits per heavy atom. The number of benzene rings is 1. The van der Waals surface area contributed by atoms with Gasteiger partial charge in [-0.1, -0.05) is 11.6 Å². The van der Waals surface area contributed by atoms with Crippen molar-refractivity contribution in [3.63, 3.8) is 0 Å². The molecule has 0 aromatic heterocycles. The van der Waals surface area contributed by atoms with Crippen LogP contribution < -0.4 is 5.32 Å². The molecule has 5 heteroatoms. The van der Waals surface area contributed by atoms with Crippen LogP contribution in [0.15, 0.2) is 18.2 Å². The second-order valence-electron chi connectivity index (χ2n) is 5.33. The van der Waals surface area contributed by atoms with E-state index in [1.165, 1.54) is 26.5 Å². The molecule has 1 aromatic carbocycles. The molecule has 4 nitrogen and oxygen atoms in total. The Morgan fingerprint density at radius 3 is 3.05 bits per heavy atom. The molecule has 0 bridgehead atoms. The van der Waals surface area contributed by atoms with Gasteiger partial charge < -0.3 is 15.0 Å². The van der Waals surface area contributed by atoms with Crippen LogP contribution in [0.3, 0.4) is 0 Å². The van der Waals surface area contributed by atoms with Gasteiger partial charge in [-0.25, -0.2) is 4.79 Å². The van der Waals surface area contributed by atoms with Gasteiger partial charge in [-0.15, -0.1) is 0 Å². The van der Waals surface area contributed by atoms with Gasteiger partial charge in [-0.05, 0) is 50.6 Å². The fourth-order valence-electron chi connectivity index (χ4n) is 2.64. The maximum absolute atomic E-state index is 11.7. The summed E-state index contributed by atoms with van der Waals surface area (Å²) < 4.78 is 4.80. The van der Waals surface area contributed by atoms with Crippen LogP contribution in [-0.4, -0.2) is 44.7 Å². The first kappa shape index (κ1) is 15.1. The van der Waals surface area contributed by atoms with E-state index in [0.717, 1.165) is 18.8 Å². The molecule has 1 saturated heterocycles. The van der Waals surface area contributed by atoms with Crippen molar-refractivity contribution in [3.05, 3.63) is 28.8 Å². The molecule has 2 rings (SSSR count). The van der Waals surface area contributed by atoms with Crippen LogP contribution in [0.2, 0.25) is 5.02 Å². The van der Waals surface area contributed by atoms with Gasteiger partial charge >= 0.3 is 5.97 Å². The summed E-state index contributed by atoms with van der Waals surface area (Å²) in [6.45, 7) is 3.09. The number of hydrogen-bond donors (Lipinski definition) is 1. The van der Waals surface area contributed by atoms with Crippen LogP contribution in [0.1, 0.15) is 23.2 Å². The average molecular weight is 297 g/mol. The molecule has 0 radical (unpaired) electrons. The summed E-state index contributed by atoms with van der Waals surface area (Å²) in [5.41, 5.74) is 1.28. The van der Waals surface area contributed by atoms with E-state index < -0.39 is 0 Å². The summed E-state index contributed by atoms with van der Waals surface area (Å²) in [6.07, 6.45) is 2.44. The zero-order valence-electron chi connectivity index (χ0n) is 12.0. The maximum Gasteiger partial charge on any atom is 0.339 e. The monoisotopic (exact) mass is 296 g/mol. The van der Waals surface area contributed by atoms with Crippen molar-refractivity contribution in [2.75, 3.05) is 39.1 Å². The summed E-state index contributed by atoms with van der Waals surface area (Å²) in [7, 11) is 3.53. The van der Waals surface area contributed by atoms with Gasteiger partial charge in [0.2, 0.25) is 0 Å². The van der Waals surface area contributed by atoms with Gasteiger partial charge in [0, 0.05) is 18.1 Å². The number of hydrogen-bond acceptors (Lipinski definition) is 4. The van der Waals surface area contributed by atoms with E-state index in [2.05, 4.69) is 17.3 Å². The van der Waals surface area contributed by atoms with Crippen LogP contribution in [0.5, 0.6) is 0 Å². The minimum Gasteiger partial charge on any atom is -0.465 e. The predicted octanol–water partition coefficient (Wildman–Crippen LogP) is 2.88. The first-order chi connectivity index (χ1) is 9.60. The molecule has 1 atom stereocenters. The van der Waals surface area contributed by atoms with Crippen molar-refractivity contribution in [2.24, 2.45) is 5.92 Å². The molecular weight excluding hydrogens is 276 g/mol. The Morgan fingerprint density at radius 1 is 1.55 bits per heavy atom. The second kappa shape index (κ2) is 6.95. The molecule has 0 spiro atoms.